The number of hydrogen-bond donors (Lipinski definition) is 0. The van der Waals surface area contributed by atoms with Gasteiger partial charge in [-0.15, -0.1) is 0 Å². The molecule has 1 saturated heterocycles. The lowest BCUT2D eigenvalue weighted by molar-refractivity contribution is 0.0735. The summed E-state index contributed by atoms with van der Waals surface area (Å²) in [6, 6.07) is 17.9. The Bertz CT molecular complexity index is 910. The van der Waals surface area contributed by atoms with Crippen molar-refractivity contribution in [2.45, 2.75) is 32.7 Å². The Morgan fingerprint density at radius 1 is 1.00 bits per heavy atom. The van der Waals surface area contributed by atoms with Gasteiger partial charge < -0.3 is 9.47 Å². The molecule has 3 aromatic rings. The van der Waals surface area contributed by atoms with Crippen molar-refractivity contribution in [2.24, 2.45) is 0 Å². The standard InChI is InChI=1S/C22H23N3O/c1-16-12-13-17(2)25(16)21-19(10-6-14-23-21)20-11-7-15-24(20)22(26)18-8-4-3-5-9-18/h3-6,8-10,12-14,20H,7,11,15H2,1-2H3/t20-/m1/s1. The van der Waals surface area contributed by atoms with Gasteiger partial charge in [-0.3, -0.25) is 4.79 Å². The van der Waals surface area contributed by atoms with E-state index in [4.69, 9.17) is 0 Å². The molecule has 1 aliphatic rings. The number of hydrogen-bond acceptors (Lipinski definition) is 2. The lowest BCUT2D eigenvalue weighted by Gasteiger charge is -2.27. The highest BCUT2D eigenvalue weighted by Gasteiger charge is 2.32. The molecular weight excluding hydrogens is 322 g/mol. The van der Waals surface area contributed by atoms with Crippen LogP contribution < -0.4 is 0 Å². The van der Waals surface area contributed by atoms with Gasteiger partial charge in [-0.2, -0.15) is 0 Å². The largest absolute Gasteiger partial charge is 0.331 e. The maximum atomic E-state index is 13.1. The SMILES string of the molecule is Cc1ccc(C)n1-c1ncccc1[C@H]1CCCN1C(=O)c1ccccc1. The molecule has 132 valence electrons. The van der Waals surface area contributed by atoms with Crippen LogP contribution in [0, 0.1) is 13.8 Å². The highest BCUT2D eigenvalue weighted by atomic mass is 16.2. The average Bonchev–Trinajstić information content (AvgIpc) is 3.28. The minimum atomic E-state index is 0.0626. The van der Waals surface area contributed by atoms with Gasteiger partial charge in [-0.1, -0.05) is 24.3 Å². The number of benzene rings is 1. The first-order chi connectivity index (χ1) is 12.7. The van der Waals surface area contributed by atoms with Crippen LogP contribution >= 0.6 is 0 Å². The fraction of sp³-hybridized carbons (Fsp3) is 0.273. The van der Waals surface area contributed by atoms with Crippen molar-refractivity contribution in [3.8, 4) is 5.82 Å². The van der Waals surface area contributed by atoms with E-state index in [9.17, 15) is 4.79 Å². The van der Waals surface area contributed by atoms with Crippen LogP contribution in [0.3, 0.4) is 0 Å². The normalized spacial score (nSPS) is 16.8. The van der Waals surface area contributed by atoms with Crippen molar-refractivity contribution in [3.63, 3.8) is 0 Å². The monoisotopic (exact) mass is 345 g/mol. The Morgan fingerprint density at radius 2 is 1.73 bits per heavy atom. The summed E-state index contributed by atoms with van der Waals surface area (Å²) in [5.74, 6) is 1.04. The Balaban J connectivity index is 1.75. The molecule has 0 saturated carbocycles. The lowest BCUT2D eigenvalue weighted by Crippen LogP contribution is -2.31. The molecule has 0 N–H and O–H groups in total. The summed E-state index contributed by atoms with van der Waals surface area (Å²) in [5.41, 5.74) is 4.18. The van der Waals surface area contributed by atoms with Gasteiger partial charge in [0, 0.05) is 35.3 Å². The zero-order valence-corrected chi connectivity index (χ0v) is 15.2. The molecule has 2 aromatic heterocycles. The van der Waals surface area contributed by atoms with Crippen LogP contribution in [0.2, 0.25) is 0 Å². The van der Waals surface area contributed by atoms with Crippen LogP contribution in [0.4, 0.5) is 0 Å². The summed E-state index contributed by atoms with van der Waals surface area (Å²) in [6.07, 6.45) is 3.81. The summed E-state index contributed by atoms with van der Waals surface area (Å²) in [4.78, 5) is 19.7. The number of carbonyl (C=O) groups excluding carboxylic acids is 1. The number of aromatic nitrogens is 2. The second kappa shape index (κ2) is 6.79. The van der Waals surface area contributed by atoms with Crippen LogP contribution in [0.25, 0.3) is 5.82 Å². The minimum Gasteiger partial charge on any atom is -0.331 e. The number of amides is 1. The maximum absolute atomic E-state index is 13.1. The zero-order chi connectivity index (χ0) is 18.1. The molecule has 4 rings (SSSR count). The number of nitrogens with zero attached hydrogens (tertiary/aromatic N) is 3. The summed E-state index contributed by atoms with van der Waals surface area (Å²) >= 11 is 0. The fourth-order valence-electron chi connectivity index (χ4n) is 3.94. The van der Waals surface area contributed by atoms with Gasteiger partial charge in [0.05, 0.1) is 6.04 Å². The predicted molar refractivity (Wildman–Crippen MR) is 102 cm³/mol. The number of rotatable bonds is 3. The van der Waals surface area contributed by atoms with Gasteiger partial charge in [0.25, 0.3) is 5.91 Å². The summed E-state index contributed by atoms with van der Waals surface area (Å²) in [7, 11) is 0. The number of aryl methyl sites for hydroxylation is 2. The van der Waals surface area contributed by atoms with Gasteiger partial charge in [0.15, 0.2) is 0 Å². The molecule has 0 spiro atoms. The van der Waals surface area contributed by atoms with Gasteiger partial charge in [-0.25, -0.2) is 4.98 Å². The lowest BCUT2D eigenvalue weighted by atomic mass is 10.0. The number of carbonyl (C=O) groups is 1. The zero-order valence-electron chi connectivity index (χ0n) is 15.2. The van der Waals surface area contributed by atoms with E-state index in [1.54, 1.807) is 0 Å². The molecule has 0 bridgehead atoms. The molecular formula is C22H23N3O. The van der Waals surface area contributed by atoms with Crippen LogP contribution in [0.15, 0.2) is 60.8 Å². The van der Waals surface area contributed by atoms with Crippen molar-refractivity contribution < 1.29 is 4.79 Å². The van der Waals surface area contributed by atoms with Gasteiger partial charge in [0.2, 0.25) is 0 Å². The fourth-order valence-corrected chi connectivity index (χ4v) is 3.94. The topological polar surface area (TPSA) is 38.1 Å². The van der Waals surface area contributed by atoms with E-state index >= 15 is 0 Å². The van der Waals surface area contributed by atoms with E-state index in [2.05, 4.69) is 41.6 Å². The van der Waals surface area contributed by atoms with Crippen molar-refractivity contribution in [1.29, 1.82) is 0 Å². The van der Waals surface area contributed by atoms with Crippen LogP contribution in [-0.4, -0.2) is 26.9 Å². The van der Waals surface area contributed by atoms with E-state index in [0.717, 1.165) is 47.7 Å². The first-order valence-electron chi connectivity index (χ1n) is 9.13. The third-order valence-corrected chi connectivity index (χ3v) is 5.19. The smallest absolute Gasteiger partial charge is 0.254 e. The first-order valence-corrected chi connectivity index (χ1v) is 9.13. The first kappa shape index (κ1) is 16.6. The van der Waals surface area contributed by atoms with Crippen molar-refractivity contribution in [2.75, 3.05) is 6.54 Å². The quantitative estimate of drug-likeness (QED) is 0.702. The molecule has 1 aromatic carbocycles. The van der Waals surface area contributed by atoms with Crippen molar-refractivity contribution in [1.82, 2.24) is 14.5 Å². The van der Waals surface area contributed by atoms with Crippen LogP contribution in [0.5, 0.6) is 0 Å². The summed E-state index contributed by atoms with van der Waals surface area (Å²) in [6.45, 7) is 4.97. The Morgan fingerprint density at radius 3 is 2.46 bits per heavy atom. The molecule has 0 aliphatic carbocycles. The molecule has 1 amide bonds. The highest BCUT2D eigenvalue weighted by Crippen LogP contribution is 2.36. The van der Waals surface area contributed by atoms with Crippen LogP contribution in [-0.2, 0) is 0 Å². The third-order valence-electron chi connectivity index (χ3n) is 5.19. The van der Waals surface area contributed by atoms with E-state index in [1.165, 1.54) is 0 Å². The maximum Gasteiger partial charge on any atom is 0.254 e. The van der Waals surface area contributed by atoms with Gasteiger partial charge in [-0.05, 0) is 57.0 Å². The van der Waals surface area contributed by atoms with E-state index in [0.29, 0.717) is 0 Å². The number of likely N-dealkylation sites (tertiary alicyclic amines) is 1. The Hall–Kier alpha value is -2.88. The Kier molecular flexibility index (Phi) is 4.33. The molecule has 0 radical (unpaired) electrons. The van der Waals surface area contributed by atoms with Gasteiger partial charge in [0.1, 0.15) is 5.82 Å². The Labute approximate surface area is 154 Å². The van der Waals surface area contributed by atoms with Crippen molar-refractivity contribution >= 4 is 5.91 Å². The highest BCUT2D eigenvalue weighted by molar-refractivity contribution is 5.94. The second-order valence-corrected chi connectivity index (χ2v) is 6.89. The molecule has 1 fully saturated rings. The third kappa shape index (κ3) is 2.81. The molecule has 4 nitrogen and oxygen atoms in total. The van der Waals surface area contributed by atoms with Crippen molar-refractivity contribution in [3.05, 3.63) is 83.3 Å². The van der Waals surface area contributed by atoms with Crippen LogP contribution in [0.1, 0.15) is 46.2 Å². The minimum absolute atomic E-state index is 0.0626. The molecule has 3 heterocycles. The van der Waals surface area contributed by atoms with E-state index in [1.807, 2.05) is 47.5 Å². The summed E-state index contributed by atoms with van der Waals surface area (Å²) < 4.78 is 2.18. The summed E-state index contributed by atoms with van der Waals surface area (Å²) in [5, 5.41) is 0. The molecule has 26 heavy (non-hydrogen) atoms. The molecule has 4 heteroatoms. The molecule has 1 atom stereocenters. The second-order valence-electron chi connectivity index (χ2n) is 6.89. The predicted octanol–water partition coefficient (Wildman–Crippen LogP) is 4.47. The van der Waals surface area contributed by atoms with E-state index in [-0.39, 0.29) is 11.9 Å². The van der Waals surface area contributed by atoms with Gasteiger partial charge >= 0.3 is 0 Å². The average molecular weight is 345 g/mol. The van der Waals surface area contributed by atoms with E-state index < -0.39 is 0 Å². The number of pyridine rings is 1. The molecule has 1 aliphatic heterocycles. The molecule has 0 unspecified atom stereocenters.